The molecule has 1 unspecified atom stereocenters. The molecule has 25 heteroatoms. The van der Waals surface area contributed by atoms with Gasteiger partial charge in [0, 0.05) is 91.8 Å². The number of rotatable bonds is 4. The Morgan fingerprint density at radius 2 is 0.874 bits per heavy atom. The molecule has 0 aromatic rings. The van der Waals surface area contributed by atoms with Crippen LogP contribution in [0.2, 0.25) is 0 Å². The number of hydrogen-bond donors (Lipinski definition) is 0. The number of Topliss-reactive ketones (excluding diaryl/α,β-unsaturated/α-hetero) is 3. The van der Waals surface area contributed by atoms with E-state index < -0.39 is 39.9 Å². The maximum absolute atomic E-state index is 12.1. The fourth-order valence-electron chi connectivity index (χ4n) is 8.93. The zero-order valence-electron chi connectivity index (χ0n) is 55.1. The highest BCUT2D eigenvalue weighted by Gasteiger charge is 2.56. The van der Waals surface area contributed by atoms with Gasteiger partial charge in [-0.15, -0.1) is 0 Å². The van der Waals surface area contributed by atoms with Crippen molar-refractivity contribution in [3.05, 3.63) is 11.6 Å². The summed E-state index contributed by atoms with van der Waals surface area (Å²) in [5, 5.41) is 0. The Labute approximate surface area is 517 Å². The van der Waals surface area contributed by atoms with E-state index in [1.165, 1.54) is 11.0 Å². The molecule has 0 aromatic heterocycles. The number of carbonyl (C=O) groups is 11. The molecule has 0 aliphatic carbocycles. The maximum Gasteiger partial charge on any atom is 0.410 e. The molecule has 6 fully saturated rings. The molecule has 0 N–H and O–H groups in total. The highest BCUT2D eigenvalue weighted by molar-refractivity contribution is 6.02. The number of carbonyl (C=O) groups excluding carboxylic acids is 11. The van der Waals surface area contributed by atoms with Gasteiger partial charge >= 0.3 is 42.4 Å². The van der Waals surface area contributed by atoms with Crippen LogP contribution in [0.1, 0.15) is 183 Å². The lowest BCUT2D eigenvalue weighted by Gasteiger charge is -2.40. The van der Waals surface area contributed by atoms with Gasteiger partial charge < -0.3 is 71.9 Å². The summed E-state index contributed by atoms with van der Waals surface area (Å²) in [5.74, 6) is -1.56. The second-order valence-electron chi connectivity index (χ2n) is 26.5. The molecular formula is C62H107N5O20. The van der Waals surface area contributed by atoms with Gasteiger partial charge in [-0.25, -0.2) is 28.8 Å². The number of hydrogen-bond acceptors (Lipinski definition) is 20. The number of amides is 5. The van der Waals surface area contributed by atoms with Crippen LogP contribution >= 0.6 is 0 Å². The number of likely N-dealkylation sites (tertiary alicyclic amines) is 4. The number of nitrogens with zero attached hydrogens (tertiary/aromatic N) is 5. The Morgan fingerprint density at radius 3 is 1.20 bits per heavy atom. The zero-order chi connectivity index (χ0) is 66.2. The molecule has 0 aromatic carbocycles. The van der Waals surface area contributed by atoms with Crippen LogP contribution in [-0.2, 0) is 71.4 Å². The summed E-state index contributed by atoms with van der Waals surface area (Å²) in [6.45, 7) is 37.9. The van der Waals surface area contributed by atoms with E-state index in [1.807, 2.05) is 111 Å². The molecule has 0 saturated carbocycles. The first-order valence-electron chi connectivity index (χ1n) is 29.5. The lowest BCUT2D eigenvalue weighted by molar-refractivity contribution is -0.158. The smallest absolute Gasteiger partial charge is 0.410 e. The fraction of sp³-hybridized carbons (Fsp3) is 0.790. The normalized spacial score (nSPS) is 18.9. The van der Waals surface area contributed by atoms with Gasteiger partial charge in [0.05, 0.1) is 24.4 Å². The number of esters is 2. The molecule has 5 amide bonds. The van der Waals surface area contributed by atoms with Gasteiger partial charge in [0.15, 0.2) is 11.6 Å². The van der Waals surface area contributed by atoms with Crippen LogP contribution in [0.25, 0.3) is 0 Å². The van der Waals surface area contributed by atoms with Gasteiger partial charge in [0.2, 0.25) is 0 Å². The summed E-state index contributed by atoms with van der Waals surface area (Å²) in [6, 6.07) is 0. The molecule has 6 saturated heterocycles. The molecular weight excluding hydrogens is 1130 g/mol. The van der Waals surface area contributed by atoms with Crippen LogP contribution in [0.15, 0.2) is 11.6 Å². The molecule has 6 rings (SSSR count). The first-order valence-corrected chi connectivity index (χ1v) is 29.5. The van der Waals surface area contributed by atoms with Gasteiger partial charge in [-0.3, -0.25) is 19.2 Å². The van der Waals surface area contributed by atoms with Crippen LogP contribution in [-0.4, -0.2) is 223 Å². The summed E-state index contributed by atoms with van der Waals surface area (Å²) < 4.78 is 47.3. The Hall–Kier alpha value is -6.37. The first-order chi connectivity index (χ1) is 39.5. The van der Waals surface area contributed by atoms with Crippen molar-refractivity contribution in [2.75, 3.05) is 92.9 Å². The van der Waals surface area contributed by atoms with E-state index in [9.17, 15) is 47.9 Å². The minimum atomic E-state index is -0.886. The van der Waals surface area contributed by atoms with Crippen molar-refractivity contribution in [3.63, 3.8) is 0 Å². The fourth-order valence-corrected chi connectivity index (χ4v) is 8.93. The molecule has 2 spiro atoms. The molecule has 500 valence electrons. The highest BCUT2D eigenvalue weighted by Crippen LogP contribution is 2.40. The average molecular weight is 1240 g/mol. The molecule has 0 radical (unpaired) electrons. The van der Waals surface area contributed by atoms with Crippen LogP contribution in [0.4, 0.5) is 24.0 Å². The quantitative estimate of drug-likeness (QED) is 0.110. The molecule has 1 atom stereocenters. The lowest BCUT2D eigenvalue weighted by Crippen LogP contribution is -2.53. The maximum atomic E-state index is 12.1. The van der Waals surface area contributed by atoms with Gasteiger partial charge in [-0.2, -0.15) is 0 Å². The minimum absolute atomic E-state index is 0. The molecule has 0 bridgehead atoms. The van der Waals surface area contributed by atoms with E-state index in [2.05, 4.69) is 0 Å². The van der Waals surface area contributed by atoms with Crippen LogP contribution < -0.4 is 0 Å². The molecule has 6 aliphatic rings. The molecule has 6 heterocycles. The second-order valence-corrected chi connectivity index (χ2v) is 26.5. The topological polar surface area (TPSA) is 287 Å². The highest BCUT2D eigenvalue weighted by atomic mass is 16.6. The van der Waals surface area contributed by atoms with E-state index in [0.717, 1.165) is 18.4 Å². The van der Waals surface area contributed by atoms with Gasteiger partial charge in [-0.05, 0) is 156 Å². The van der Waals surface area contributed by atoms with E-state index >= 15 is 0 Å². The first kappa shape index (κ1) is 80.6. The number of ether oxygens (including phenoxy) is 9. The monoisotopic (exact) mass is 1240 g/mol. The van der Waals surface area contributed by atoms with Crippen molar-refractivity contribution >= 4 is 66.5 Å². The van der Waals surface area contributed by atoms with E-state index in [0.29, 0.717) is 104 Å². The third-order valence-electron chi connectivity index (χ3n) is 12.9. The van der Waals surface area contributed by atoms with Crippen molar-refractivity contribution in [3.8, 4) is 0 Å². The lowest BCUT2D eigenvalue weighted by atomic mass is 9.79. The second kappa shape index (κ2) is 35.6. The Morgan fingerprint density at radius 1 is 0.517 bits per heavy atom. The van der Waals surface area contributed by atoms with E-state index in [-0.39, 0.29) is 92.2 Å². The Kier molecular flexibility index (Phi) is 33.0. The Bertz CT molecular complexity index is 2280. The van der Waals surface area contributed by atoms with Gasteiger partial charge in [0.1, 0.15) is 59.7 Å². The predicted octanol–water partition coefficient (Wildman–Crippen LogP) is 9.31. The average Bonchev–Trinajstić information content (AvgIpc) is 1.93. The largest absolute Gasteiger partial charge is 0.465 e. The molecule has 25 nitrogen and oxygen atoms in total. The summed E-state index contributed by atoms with van der Waals surface area (Å²) in [7, 11) is 3.32. The van der Waals surface area contributed by atoms with Gasteiger partial charge in [-0.1, -0.05) is 13.0 Å². The van der Waals surface area contributed by atoms with Crippen molar-refractivity contribution in [1.29, 1.82) is 0 Å². The van der Waals surface area contributed by atoms with Crippen LogP contribution in [0.3, 0.4) is 0 Å². The van der Waals surface area contributed by atoms with Crippen molar-refractivity contribution in [2.45, 2.75) is 222 Å². The number of ketones is 3. The third-order valence-corrected chi connectivity index (χ3v) is 12.9. The van der Waals surface area contributed by atoms with E-state index in [1.54, 1.807) is 47.5 Å². The Balaban J connectivity index is 0.00000108. The summed E-state index contributed by atoms with van der Waals surface area (Å²) in [5.41, 5.74) is -2.47. The summed E-state index contributed by atoms with van der Waals surface area (Å²) >= 11 is 0. The minimum Gasteiger partial charge on any atom is -0.465 e. The molecule has 6 aliphatic heterocycles. The third kappa shape index (κ3) is 31.4. The summed E-state index contributed by atoms with van der Waals surface area (Å²) in [6.07, 6.45) is 5.05. The van der Waals surface area contributed by atoms with Crippen LogP contribution in [0.5, 0.6) is 0 Å². The van der Waals surface area contributed by atoms with Crippen molar-refractivity contribution in [2.24, 2.45) is 5.92 Å². The van der Waals surface area contributed by atoms with Crippen molar-refractivity contribution in [1.82, 2.24) is 24.5 Å². The van der Waals surface area contributed by atoms with Gasteiger partial charge in [0.25, 0.3) is 0 Å². The summed E-state index contributed by atoms with van der Waals surface area (Å²) in [4.78, 5) is 132. The number of piperidine rings is 4. The van der Waals surface area contributed by atoms with Crippen LogP contribution in [0, 0.1) is 5.92 Å². The van der Waals surface area contributed by atoms with Crippen molar-refractivity contribution < 1.29 is 95.4 Å². The van der Waals surface area contributed by atoms with E-state index in [4.69, 9.17) is 47.4 Å². The zero-order valence-corrected chi connectivity index (χ0v) is 55.1. The SMILES string of the molecule is C.C=O.CC(C)(C)OC(=O)N1CCC(=O)CC1.CC(C)(C)OC(=O)N1CCC2(CC1)CC(=O)CO2.CCOC(=O)C1C(=O)COC12CCN(C(=O)OC(C)(C)C)CC2.CCOC(=O)C=C1CCN(C(=O)OC(C)(C)C)CC1.CN(C)C(=O)OC(C)(C)C. The predicted molar refractivity (Wildman–Crippen MR) is 324 cm³/mol. The molecule has 87 heavy (non-hydrogen) atoms. The standard InChI is InChI=1S/C16H25NO6.C14H23NO4.C13H21NO4.C10H17NO3.C7H15NO2.CH2O.CH4/c1-5-21-13(19)12-11(18)10-22-16(12)6-8-17(9-7-16)14(20)23-15(2,3)4;1-5-18-12(16)10-11-6-8-15(9-7-11)13(17)19-14(2,3)4;1-12(2,3)18-11(16)14-6-4-13(5-7-14)8-10(15)9-17-13;1-10(2,3)14-9(13)11-6-4-8(12)5-7-11;1-7(2,3)10-6(9)8(4)5;1-2;/h12H,5-10H2,1-4H3;10H,5-9H2,1-4H3;4-9H2,1-3H3;4-7H2,1-3H3;1-5H3;1H2;1H4.